The minimum atomic E-state index is -2.66. The summed E-state index contributed by atoms with van der Waals surface area (Å²) in [6.07, 6.45) is 1.09. The molecular weight excluding hydrogens is 356 g/mol. The molecule has 1 aromatic rings. The fraction of sp³-hybridized carbons (Fsp3) is 0.667. The maximum Gasteiger partial charge on any atom is 0.254 e. The molecule has 21 heavy (non-hydrogen) atoms. The van der Waals surface area contributed by atoms with E-state index in [9.17, 15) is 8.78 Å². The number of hydrogen-bond donors (Lipinski definition) is 0. The smallest absolute Gasteiger partial charge is 0.254 e. The summed E-state index contributed by atoms with van der Waals surface area (Å²) in [7, 11) is -2.15. The minimum absolute atomic E-state index is 0.0275. The van der Waals surface area contributed by atoms with Crippen LogP contribution < -0.4 is 0 Å². The summed E-state index contributed by atoms with van der Waals surface area (Å²) in [6, 6.07) is 3.61. The predicted octanol–water partition coefficient (Wildman–Crippen LogP) is 5.49. The highest BCUT2D eigenvalue weighted by atomic mass is 79.9. The topological polar surface area (TPSA) is 22.1 Å². The maximum atomic E-state index is 13.6. The van der Waals surface area contributed by atoms with E-state index < -0.39 is 19.8 Å². The highest BCUT2D eigenvalue weighted by Gasteiger charge is 2.61. The second-order valence-electron chi connectivity index (χ2n) is 7.43. The molecule has 1 aliphatic rings. The molecule has 0 bridgehead atoms. The highest BCUT2D eigenvalue weighted by Crippen LogP contribution is 2.56. The number of pyridine rings is 1. The van der Waals surface area contributed by atoms with Crippen molar-refractivity contribution in [1.29, 1.82) is 0 Å². The second kappa shape index (κ2) is 5.10. The van der Waals surface area contributed by atoms with Gasteiger partial charge in [-0.3, -0.25) is 4.98 Å². The highest BCUT2D eigenvalue weighted by molar-refractivity contribution is 9.10. The molecule has 6 heteroatoms. The summed E-state index contributed by atoms with van der Waals surface area (Å²) in [6.45, 7) is 10.5. The molecule has 0 spiro atoms. The largest absolute Gasteiger partial charge is 0.405 e. The van der Waals surface area contributed by atoms with E-state index in [1.165, 1.54) is 0 Å². The summed E-state index contributed by atoms with van der Waals surface area (Å²) in [5.41, 5.74) is -0.325. The molecule has 0 aliphatic heterocycles. The van der Waals surface area contributed by atoms with Crippen molar-refractivity contribution in [1.82, 2.24) is 4.98 Å². The summed E-state index contributed by atoms with van der Waals surface area (Å²) < 4.78 is 34.3. The van der Waals surface area contributed by atoms with E-state index in [0.717, 1.165) is 4.47 Å². The Balaban J connectivity index is 2.34. The number of alkyl halides is 2. The quantitative estimate of drug-likeness (QED) is 0.649. The summed E-state index contributed by atoms with van der Waals surface area (Å²) in [5.74, 6) is -2.66. The van der Waals surface area contributed by atoms with E-state index in [1.54, 1.807) is 12.3 Å². The average molecular weight is 378 g/mol. The molecule has 0 atom stereocenters. The molecule has 0 amide bonds. The van der Waals surface area contributed by atoms with Crippen LogP contribution in [0, 0.1) is 0 Å². The number of rotatable bonds is 3. The Morgan fingerprint density at radius 2 is 1.81 bits per heavy atom. The summed E-state index contributed by atoms with van der Waals surface area (Å²) >= 11 is 3.32. The van der Waals surface area contributed by atoms with Gasteiger partial charge in [-0.15, -0.1) is 0 Å². The van der Waals surface area contributed by atoms with Gasteiger partial charge in [-0.25, -0.2) is 8.78 Å². The molecule has 0 N–H and O–H groups in total. The third-order valence-corrected chi connectivity index (χ3v) is 9.52. The Morgan fingerprint density at radius 1 is 1.24 bits per heavy atom. The minimum Gasteiger partial charge on any atom is -0.405 e. The van der Waals surface area contributed by atoms with Gasteiger partial charge in [0.25, 0.3) is 5.92 Å². The van der Waals surface area contributed by atoms with E-state index in [0.29, 0.717) is 5.69 Å². The van der Waals surface area contributed by atoms with E-state index in [-0.39, 0.29) is 17.9 Å². The molecule has 0 radical (unpaired) electrons. The van der Waals surface area contributed by atoms with Crippen LogP contribution in [0.1, 0.15) is 39.3 Å². The number of halogens is 3. The van der Waals surface area contributed by atoms with Crippen molar-refractivity contribution in [3.63, 3.8) is 0 Å². The van der Waals surface area contributed by atoms with Gasteiger partial charge in [0.15, 0.2) is 8.32 Å². The fourth-order valence-electron chi connectivity index (χ4n) is 2.38. The van der Waals surface area contributed by atoms with Crippen molar-refractivity contribution >= 4 is 24.2 Å². The van der Waals surface area contributed by atoms with Crippen molar-refractivity contribution in [3.8, 4) is 0 Å². The standard InChI is InChI=1S/C15H22BrF2NOSi/c1-13(2,3)21(4,5)20-14(9-15(17,18)10-14)12-7-6-11(16)8-19-12/h6-8H,9-10H2,1-5H3. The van der Waals surface area contributed by atoms with E-state index in [4.69, 9.17) is 4.43 Å². The van der Waals surface area contributed by atoms with E-state index in [2.05, 4.69) is 54.8 Å². The molecule has 1 aliphatic carbocycles. The van der Waals surface area contributed by atoms with Crippen molar-refractivity contribution in [2.24, 2.45) is 0 Å². The van der Waals surface area contributed by atoms with Crippen LogP contribution in [0.5, 0.6) is 0 Å². The zero-order valence-corrected chi connectivity index (χ0v) is 15.7. The molecule has 2 rings (SSSR count). The van der Waals surface area contributed by atoms with Crippen LogP contribution in [-0.4, -0.2) is 19.2 Å². The summed E-state index contributed by atoms with van der Waals surface area (Å²) in [5, 5.41) is -0.0275. The van der Waals surface area contributed by atoms with Gasteiger partial charge in [0.2, 0.25) is 0 Å². The predicted molar refractivity (Wildman–Crippen MR) is 86.1 cm³/mol. The molecule has 1 saturated carbocycles. The lowest BCUT2D eigenvalue weighted by molar-refractivity contribution is -0.204. The van der Waals surface area contributed by atoms with Gasteiger partial charge in [0, 0.05) is 23.5 Å². The SMILES string of the molecule is CC(C)(C)[Si](C)(C)OC1(c2ccc(Br)cn2)CC(F)(F)C1. The number of nitrogens with zero attached hydrogens (tertiary/aromatic N) is 1. The van der Waals surface area contributed by atoms with Crippen LogP contribution in [0.2, 0.25) is 18.1 Å². The third-order valence-electron chi connectivity index (χ3n) is 4.54. The Hall–Kier alpha value is -0.333. The van der Waals surface area contributed by atoms with Crippen LogP contribution in [0.4, 0.5) is 8.78 Å². The van der Waals surface area contributed by atoms with Crippen molar-refractivity contribution < 1.29 is 13.2 Å². The van der Waals surface area contributed by atoms with Crippen LogP contribution in [0.15, 0.2) is 22.8 Å². The first-order valence-electron chi connectivity index (χ1n) is 7.07. The Kier molecular flexibility index (Phi) is 4.13. The monoisotopic (exact) mass is 377 g/mol. The fourth-order valence-corrected chi connectivity index (χ4v) is 4.14. The zero-order chi connectivity index (χ0) is 16.1. The van der Waals surface area contributed by atoms with Gasteiger partial charge >= 0.3 is 0 Å². The number of aromatic nitrogens is 1. The molecule has 1 heterocycles. The Bertz CT molecular complexity index is 517. The Labute approximate surface area is 134 Å². The van der Waals surface area contributed by atoms with Crippen LogP contribution >= 0.6 is 15.9 Å². The van der Waals surface area contributed by atoms with Crippen LogP contribution in [0.25, 0.3) is 0 Å². The molecule has 118 valence electrons. The first kappa shape index (κ1) is 17.0. The van der Waals surface area contributed by atoms with E-state index >= 15 is 0 Å². The molecule has 0 saturated heterocycles. The number of hydrogen-bond acceptors (Lipinski definition) is 2. The lowest BCUT2D eigenvalue weighted by atomic mass is 9.74. The van der Waals surface area contributed by atoms with E-state index in [1.807, 2.05) is 6.07 Å². The first-order chi connectivity index (χ1) is 9.37. The van der Waals surface area contributed by atoms with Gasteiger partial charge in [0.05, 0.1) is 5.69 Å². The molecule has 1 aromatic heterocycles. The van der Waals surface area contributed by atoms with Gasteiger partial charge in [-0.05, 0) is 46.2 Å². The molecule has 2 nitrogen and oxygen atoms in total. The van der Waals surface area contributed by atoms with Crippen molar-refractivity contribution in [2.75, 3.05) is 0 Å². The lowest BCUT2D eigenvalue weighted by Crippen LogP contribution is -2.58. The first-order valence-corrected chi connectivity index (χ1v) is 10.8. The van der Waals surface area contributed by atoms with Gasteiger partial charge in [-0.1, -0.05) is 20.8 Å². The molecule has 1 fully saturated rings. The lowest BCUT2D eigenvalue weighted by Gasteiger charge is -2.52. The van der Waals surface area contributed by atoms with Crippen LogP contribution in [0.3, 0.4) is 0 Å². The summed E-state index contributed by atoms with van der Waals surface area (Å²) in [4.78, 5) is 4.32. The molecule has 0 aromatic carbocycles. The third kappa shape index (κ3) is 3.37. The molecule has 0 unspecified atom stereocenters. The van der Waals surface area contributed by atoms with Gasteiger partial charge < -0.3 is 4.43 Å². The zero-order valence-electron chi connectivity index (χ0n) is 13.1. The average Bonchev–Trinajstić information content (AvgIpc) is 2.24. The van der Waals surface area contributed by atoms with Crippen LogP contribution in [-0.2, 0) is 10.0 Å². The maximum absolute atomic E-state index is 13.6. The van der Waals surface area contributed by atoms with Gasteiger partial charge in [-0.2, -0.15) is 0 Å². The van der Waals surface area contributed by atoms with Crippen molar-refractivity contribution in [2.45, 2.75) is 63.3 Å². The Morgan fingerprint density at radius 3 is 2.19 bits per heavy atom. The normalized spacial score (nSPS) is 21.0. The molecular formula is C15H22BrF2NOSi. The second-order valence-corrected chi connectivity index (χ2v) is 13.1. The van der Waals surface area contributed by atoms with Gasteiger partial charge in [0.1, 0.15) is 5.60 Å². The van der Waals surface area contributed by atoms with Crippen molar-refractivity contribution in [3.05, 3.63) is 28.5 Å².